The zero-order chi connectivity index (χ0) is 13.8. The van der Waals surface area contributed by atoms with Gasteiger partial charge in [-0.3, -0.25) is 9.59 Å². The number of carbonyl (C=O) groups is 2. The summed E-state index contributed by atoms with van der Waals surface area (Å²) in [5.74, 6) is 0.470. The highest BCUT2D eigenvalue weighted by Crippen LogP contribution is 2.25. The van der Waals surface area contributed by atoms with E-state index >= 15 is 0 Å². The van der Waals surface area contributed by atoms with Crippen molar-refractivity contribution in [3.63, 3.8) is 0 Å². The van der Waals surface area contributed by atoms with Crippen molar-refractivity contribution in [2.75, 3.05) is 25.5 Å². The van der Waals surface area contributed by atoms with Crippen molar-refractivity contribution in [2.24, 2.45) is 0 Å². The van der Waals surface area contributed by atoms with Crippen molar-refractivity contribution in [3.05, 3.63) is 23.8 Å². The van der Waals surface area contributed by atoms with Crippen LogP contribution in [-0.4, -0.2) is 36.9 Å². The third-order valence-electron chi connectivity index (χ3n) is 3.13. The van der Waals surface area contributed by atoms with Gasteiger partial charge in [-0.05, 0) is 31.0 Å². The van der Waals surface area contributed by atoms with E-state index in [-0.39, 0.29) is 18.4 Å². The molecule has 2 rings (SSSR count). The minimum absolute atomic E-state index is 0.0476. The molecule has 0 aromatic heterocycles. The number of rotatable bonds is 4. The molecular formula is C14H18N2O3. The Morgan fingerprint density at radius 1 is 1.47 bits per heavy atom. The molecule has 1 heterocycles. The fourth-order valence-electron chi connectivity index (χ4n) is 2.15. The highest BCUT2D eigenvalue weighted by Gasteiger charge is 2.22. The Balaban J connectivity index is 2.02. The summed E-state index contributed by atoms with van der Waals surface area (Å²) in [7, 11) is 1.56. The number of likely N-dealkylation sites (tertiary alicyclic amines) is 1. The molecule has 5 nitrogen and oxygen atoms in total. The summed E-state index contributed by atoms with van der Waals surface area (Å²) in [6.07, 6.45) is 1.38. The van der Waals surface area contributed by atoms with Crippen molar-refractivity contribution in [1.82, 2.24) is 4.90 Å². The van der Waals surface area contributed by atoms with Crippen LogP contribution >= 0.6 is 0 Å². The predicted octanol–water partition coefficient (Wildman–Crippen LogP) is 1.56. The molecule has 0 bridgehead atoms. The first-order chi connectivity index (χ1) is 9.10. The highest BCUT2D eigenvalue weighted by molar-refractivity contribution is 5.96. The number of benzene rings is 1. The van der Waals surface area contributed by atoms with Gasteiger partial charge >= 0.3 is 0 Å². The van der Waals surface area contributed by atoms with E-state index < -0.39 is 0 Å². The zero-order valence-corrected chi connectivity index (χ0v) is 11.2. The van der Waals surface area contributed by atoms with Crippen LogP contribution in [0.15, 0.2) is 18.2 Å². The maximum Gasteiger partial charge on any atom is 0.244 e. The fraction of sp³-hybridized carbons (Fsp3) is 0.429. The van der Waals surface area contributed by atoms with Gasteiger partial charge in [0.05, 0.1) is 19.3 Å². The van der Waals surface area contributed by atoms with E-state index in [1.807, 2.05) is 25.1 Å². The molecule has 1 aliphatic heterocycles. The first kappa shape index (κ1) is 13.4. The maximum absolute atomic E-state index is 11.9. The number of hydrogen-bond donors (Lipinski definition) is 1. The Morgan fingerprint density at radius 3 is 2.89 bits per heavy atom. The number of hydrogen-bond acceptors (Lipinski definition) is 3. The molecule has 0 atom stereocenters. The molecule has 0 radical (unpaired) electrons. The van der Waals surface area contributed by atoms with Gasteiger partial charge in [-0.25, -0.2) is 0 Å². The molecule has 0 saturated carbocycles. The largest absolute Gasteiger partial charge is 0.495 e. The second-order valence-corrected chi connectivity index (χ2v) is 4.67. The molecule has 0 unspecified atom stereocenters. The van der Waals surface area contributed by atoms with Gasteiger partial charge < -0.3 is 15.0 Å². The first-order valence-electron chi connectivity index (χ1n) is 6.32. The third-order valence-corrected chi connectivity index (χ3v) is 3.13. The molecule has 1 aromatic carbocycles. The number of aryl methyl sites for hydroxylation is 1. The Bertz CT molecular complexity index is 499. The van der Waals surface area contributed by atoms with Crippen LogP contribution in [0.3, 0.4) is 0 Å². The molecule has 1 saturated heterocycles. The molecule has 0 spiro atoms. The Kier molecular flexibility index (Phi) is 4.04. The average Bonchev–Trinajstić information content (AvgIpc) is 2.75. The Morgan fingerprint density at radius 2 is 2.26 bits per heavy atom. The van der Waals surface area contributed by atoms with Gasteiger partial charge in [-0.15, -0.1) is 0 Å². The Labute approximate surface area is 112 Å². The lowest BCUT2D eigenvalue weighted by Crippen LogP contribution is -2.34. The Hall–Kier alpha value is -2.04. The summed E-state index contributed by atoms with van der Waals surface area (Å²) < 4.78 is 5.20. The SMILES string of the molecule is COc1ccc(C)cc1NC(=O)CN1CCCC1=O. The number of anilines is 1. The van der Waals surface area contributed by atoms with E-state index in [9.17, 15) is 9.59 Å². The number of carbonyl (C=O) groups excluding carboxylic acids is 2. The monoisotopic (exact) mass is 262 g/mol. The van der Waals surface area contributed by atoms with Crippen molar-refractivity contribution < 1.29 is 14.3 Å². The van der Waals surface area contributed by atoms with Gasteiger partial charge in [-0.2, -0.15) is 0 Å². The predicted molar refractivity (Wildman–Crippen MR) is 72.2 cm³/mol. The summed E-state index contributed by atoms with van der Waals surface area (Å²) in [6, 6.07) is 5.58. The summed E-state index contributed by atoms with van der Waals surface area (Å²) in [6.45, 7) is 2.71. The van der Waals surface area contributed by atoms with Crippen LogP contribution in [0.2, 0.25) is 0 Å². The van der Waals surface area contributed by atoms with Crippen LogP contribution in [0.25, 0.3) is 0 Å². The molecule has 102 valence electrons. The molecular weight excluding hydrogens is 244 g/mol. The van der Waals surface area contributed by atoms with Crippen LogP contribution in [0.5, 0.6) is 5.75 Å². The van der Waals surface area contributed by atoms with E-state index in [0.717, 1.165) is 12.0 Å². The maximum atomic E-state index is 11.9. The van der Waals surface area contributed by atoms with Crippen LogP contribution in [0.4, 0.5) is 5.69 Å². The molecule has 1 N–H and O–H groups in total. The van der Waals surface area contributed by atoms with Crippen LogP contribution < -0.4 is 10.1 Å². The van der Waals surface area contributed by atoms with Crippen LogP contribution in [0, 0.1) is 6.92 Å². The number of amides is 2. The van der Waals surface area contributed by atoms with Crippen molar-refractivity contribution >= 4 is 17.5 Å². The van der Waals surface area contributed by atoms with Gasteiger partial charge in [0, 0.05) is 13.0 Å². The van der Waals surface area contributed by atoms with Crippen molar-refractivity contribution in [1.29, 1.82) is 0 Å². The third kappa shape index (κ3) is 3.24. The quantitative estimate of drug-likeness (QED) is 0.896. The van der Waals surface area contributed by atoms with Gasteiger partial charge in [0.2, 0.25) is 11.8 Å². The summed E-state index contributed by atoms with van der Waals surface area (Å²) in [5, 5.41) is 2.79. The standard InChI is InChI=1S/C14H18N2O3/c1-10-5-6-12(19-2)11(8-10)15-13(17)9-16-7-3-4-14(16)18/h5-6,8H,3-4,7,9H2,1-2H3,(H,15,17). The number of nitrogens with zero attached hydrogens (tertiary/aromatic N) is 1. The first-order valence-corrected chi connectivity index (χ1v) is 6.32. The molecule has 1 fully saturated rings. The zero-order valence-electron chi connectivity index (χ0n) is 11.2. The number of ether oxygens (including phenoxy) is 1. The lowest BCUT2D eigenvalue weighted by atomic mass is 10.2. The molecule has 1 aliphatic rings. The van der Waals surface area contributed by atoms with Gasteiger partial charge in [0.15, 0.2) is 0 Å². The lowest BCUT2D eigenvalue weighted by Gasteiger charge is -2.16. The lowest BCUT2D eigenvalue weighted by molar-refractivity contribution is -0.131. The molecule has 19 heavy (non-hydrogen) atoms. The van der Waals surface area contributed by atoms with Crippen LogP contribution in [-0.2, 0) is 9.59 Å². The minimum atomic E-state index is -0.195. The molecule has 5 heteroatoms. The summed E-state index contributed by atoms with van der Waals surface area (Å²) in [4.78, 5) is 25.0. The highest BCUT2D eigenvalue weighted by atomic mass is 16.5. The van der Waals surface area contributed by atoms with Crippen molar-refractivity contribution in [2.45, 2.75) is 19.8 Å². The van der Waals surface area contributed by atoms with Crippen molar-refractivity contribution in [3.8, 4) is 5.75 Å². The van der Waals surface area contributed by atoms with Gasteiger partial charge in [0.1, 0.15) is 5.75 Å². The fourth-order valence-corrected chi connectivity index (χ4v) is 2.15. The van der Waals surface area contributed by atoms with Gasteiger partial charge in [0.25, 0.3) is 0 Å². The van der Waals surface area contributed by atoms with E-state index in [4.69, 9.17) is 4.74 Å². The summed E-state index contributed by atoms with van der Waals surface area (Å²) in [5.41, 5.74) is 1.67. The number of nitrogens with one attached hydrogen (secondary N) is 1. The van der Waals surface area contributed by atoms with Crippen LogP contribution in [0.1, 0.15) is 18.4 Å². The average molecular weight is 262 g/mol. The second kappa shape index (κ2) is 5.73. The smallest absolute Gasteiger partial charge is 0.244 e. The molecule has 2 amide bonds. The number of methoxy groups -OCH3 is 1. The minimum Gasteiger partial charge on any atom is -0.495 e. The second-order valence-electron chi connectivity index (χ2n) is 4.67. The van der Waals surface area contributed by atoms with E-state index in [1.54, 1.807) is 12.0 Å². The molecule has 1 aromatic rings. The topological polar surface area (TPSA) is 58.6 Å². The normalized spacial score (nSPS) is 14.6. The van der Waals surface area contributed by atoms with Gasteiger partial charge in [-0.1, -0.05) is 6.07 Å². The van der Waals surface area contributed by atoms with E-state index in [0.29, 0.717) is 24.4 Å². The molecule has 0 aliphatic carbocycles. The van der Waals surface area contributed by atoms with E-state index in [2.05, 4.69) is 5.32 Å². The summed E-state index contributed by atoms with van der Waals surface area (Å²) >= 11 is 0. The van der Waals surface area contributed by atoms with E-state index in [1.165, 1.54) is 0 Å².